The predicted molar refractivity (Wildman–Crippen MR) is 76.4 cm³/mol. The van der Waals surface area contributed by atoms with Crippen molar-refractivity contribution in [3.63, 3.8) is 0 Å². The van der Waals surface area contributed by atoms with Gasteiger partial charge in [0.25, 0.3) is 0 Å². The molecule has 1 heterocycles. The van der Waals surface area contributed by atoms with Gasteiger partial charge in [-0.2, -0.15) is 5.10 Å². The third-order valence-corrected chi connectivity index (χ3v) is 4.95. The molecule has 0 aliphatic heterocycles. The van der Waals surface area contributed by atoms with E-state index in [1.807, 2.05) is 17.7 Å². The van der Waals surface area contributed by atoms with Crippen LogP contribution in [0.4, 0.5) is 5.82 Å². The van der Waals surface area contributed by atoms with Gasteiger partial charge in [-0.15, -0.1) is 0 Å². The minimum Gasteiger partial charge on any atom is -0.384 e. The lowest BCUT2D eigenvalue weighted by atomic mass is 9.69. The average Bonchev–Trinajstić information content (AvgIpc) is 2.69. The van der Waals surface area contributed by atoms with Gasteiger partial charge in [0, 0.05) is 6.07 Å². The van der Waals surface area contributed by atoms with Crippen LogP contribution >= 0.6 is 0 Å². The van der Waals surface area contributed by atoms with E-state index in [4.69, 9.17) is 5.73 Å². The molecule has 1 saturated carbocycles. The van der Waals surface area contributed by atoms with Crippen LogP contribution in [0.1, 0.15) is 64.6 Å². The van der Waals surface area contributed by atoms with E-state index in [2.05, 4.69) is 25.9 Å². The fourth-order valence-corrected chi connectivity index (χ4v) is 3.22. The fraction of sp³-hybridized carbons (Fsp3) is 0.800. The minimum absolute atomic E-state index is 0.483. The van der Waals surface area contributed by atoms with Crippen molar-refractivity contribution < 1.29 is 0 Å². The smallest absolute Gasteiger partial charge is 0.122 e. The molecule has 0 saturated heterocycles. The zero-order valence-corrected chi connectivity index (χ0v) is 12.2. The topological polar surface area (TPSA) is 43.8 Å². The van der Waals surface area contributed by atoms with E-state index < -0.39 is 0 Å². The lowest BCUT2D eigenvalue weighted by molar-refractivity contribution is 0.127. The Kier molecular flexibility index (Phi) is 3.69. The maximum absolute atomic E-state index is 6.02. The first-order valence-corrected chi connectivity index (χ1v) is 7.25. The number of nitrogen functional groups attached to an aromatic ring is 1. The van der Waals surface area contributed by atoms with Crippen LogP contribution in [0, 0.1) is 18.3 Å². The van der Waals surface area contributed by atoms with E-state index in [1.54, 1.807) is 0 Å². The van der Waals surface area contributed by atoms with Crippen LogP contribution in [0.2, 0.25) is 0 Å². The average molecular weight is 249 g/mol. The first-order chi connectivity index (χ1) is 8.44. The fourth-order valence-electron chi connectivity index (χ4n) is 3.22. The number of aromatic nitrogens is 2. The van der Waals surface area contributed by atoms with Gasteiger partial charge >= 0.3 is 0 Å². The molecule has 1 fully saturated rings. The SMILES string of the molecule is CCC(C)(C)C1CCC(n2nc(C)cc2N)CC1. The third kappa shape index (κ3) is 2.55. The standard InChI is InChI=1S/C15H27N3/c1-5-15(3,4)12-6-8-13(9-7-12)18-14(16)10-11(2)17-18/h10,12-13H,5-9,16H2,1-4H3. The third-order valence-electron chi connectivity index (χ3n) is 4.95. The second-order valence-electron chi connectivity index (χ2n) is 6.50. The van der Waals surface area contributed by atoms with Crippen LogP contribution in [0.25, 0.3) is 0 Å². The molecule has 0 amide bonds. The van der Waals surface area contributed by atoms with Crippen molar-refractivity contribution in [2.24, 2.45) is 11.3 Å². The van der Waals surface area contributed by atoms with Gasteiger partial charge < -0.3 is 5.73 Å². The Morgan fingerprint density at radius 3 is 2.39 bits per heavy atom. The Balaban J connectivity index is 2.01. The molecule has 0 spiro atoms. The van der Waals surface area contributed by atoms with Crippen molar-refractivity contribution >= 4 is 5.82 Å². The lowest BCUT2D eigenvalue weighted by Crippen LogP contribution is -2.29. The summed E-state index contributed by atoms with van der Waals surface area (Å²) in [5.74, 6) is 1.68. The van der Waals surface area contributed by atoms with Gasteiger partial charge in [0.2, 0.25) is 0 Å². The predicted octanol–water partition coefficient (Wildman–Crippen LogP) is 3.94. The minimum atomic E-state index is 0.483. The van der Waals surface area contributed by atoms with Gasteiger partial charge in [0.05, 0.1) is 11.7 Å². The molecule has 2 N–H and O–H groups in total. The van der Waals surface area contributed by atoms with E-state index in [1.165, 1.54) is 32.1 Å². The van der Waals surface area contributed by atoms with E-state index >= 15 is 0 Å². The van der Waals surface area contributed by atoms with Gasteiger partial charge in [-0.25, -0.2) is 4.68 Å². The molecule has 0 atom stereocenters. The number of hydrogen-bond donors (Lipinski definition) is 1. The second kappa shape index (κ2) is 4.94. The maximum atomic E-state index is 6.02. The molecule has 0 aromatic carbocycles. The molecular formula is C15H27N3. The molecule has 18 heavy (non-hydrogen) atoms. The highest BCUT2D eigenvalue weighted by atomic mass is 15.3. The molecular weight excluding hydrogens is 222 g/mol. The van der Waals surface area contributed by atoms with Gasteiger partial charge in [0.1, 0.15) is 5.82 Å². The quantitative estimate of drug-likeness (QED) is 0.881. The van der Waals surface area contributed by atoms with E-state index in [0.717, 1.165) is 17.4 Å². The highest BCUT2D eigenvalue weighted by Crippen LogP contribution is 2.43. The van der Waals surface area contributed by atoms with Crippen molar-refractivity contribution in [1.82, 2.24) is 9.78 Å². The van der Waals surface area contributed by atoms with Crippen molar-refractivity contribution in [3.8, 4) is 0 Å². The van der Waals surface area contributed by atoms with Gasteiger partial charge in [0.15, 0.2) is 0 Å². The molecule has 0 bridgehead atoms. The van der Waals surface area contributed by atoms with Crippen LogP contribution in [0.3, 0.4) is 0 Å². The van der Waals surface area contributed by atoms with E-state index in [9.17, 15) is 0 Å². The summed E-state index contributed by atoms with van der Waals surface area (Å²) in [5, 5.41) is 4.53. The first-order valence-electron chi connectivity index (χ1n) is 7.25. The zero-order valence-electron chi connectivity index (χ0n) is 12.2. The van der Waals surface area contributed by atoms with Gasteiger partial charge in [-0.05, 0) is 43.9 Å². The van der Waals surface area contributed by atoms with Gasteiger partial charge in [-0.1, -0.05) is 27.2 Å². The summed E-state index contributed by atoms with van der Waals surface area (Å²) in [7, 11) is 0. The zero-order chi connectivity index (χ0) is 13.3. The van der Waals surface area contributed by atoms with Crippen LogP contribution in [-0.4, -0.2) is 9.78 Å². The van der Waals surface area contributed by atoms with E-state index in [0.29, 0.717) is 11.5 Å². The second-order valence-corrected chi connectivity index (χ2v) is 6.50. The summed E-state index contributed by atoms with van der Waals surface area (Å²) in [6, 6.07) is 2.49. The summed E-state index contributed by atoms with van der Waals surface area (Å²) in [6.07, 6.45) is 6.33. The number of aryl methyl sites for hydroxylation is 1. The summed E-state index contributed by atoms with van der Waals surface area (Å²) >= 11 is 0. The Hall–Kier alpha value is -0.990. The normalized spacial score (nSPS) is 25.3. The van der Waals surface area contributed by atoms with Crippen molar-refractivity contribution in [1.29, 1.82) is 0 Å². The Bertz CT molecular complexity index is 398. The molecule has 0 radical (unpaired) electrons. The van der Waals surface area contributed by atoms with E-state index in [-0.39, 0.29) is 0 Å². The van der Waals surface area contributed by atoms with Crippen molar-refractivity contribution in [2.75, 3.05) is 5.73 Å². The number of rotatable bonds is 3. The Morgan fingerprint density at radius 2 is 1.94 bits per heavy atom. The van der Waals surface area contributed by atoms with Crippen molar-refractivity contribution in [3.05, 3.63) is 11.8 Å². The molecule has 102 valence electrons. The summed E-state index contributed by atoms with van der Waals surface area (Å²) in [6.45, 7) is 9.13. The molecule has 1 aliphatic carbocycles. The first kappa shape index (κ1) is 13.4. The number of anilines is 1. The van der Waals surface area contributed by atoms with Gasteiger partial charge in [-0.3, -0.25) is 0 Å². The van der Waals surface area contributed by atoms with Crippen LogP contribution in [-0.2, 0) is 0 Å². The Morgan fingerprint density at radius 1 is 1.33 bits per heavy atom. The maximum Gasteiger partial charge on any atom is 0.122 e. The summed E-state index contributed by atoms with van der Waals surface area (Å²) in [5.41, 5.74) is 7.53. The van der Waals surface area contributed by atoms with Crippen LogP contribution in [0.5, 0.6) is 0 Å². The van der Waals surface area contributed by atoms with Crippen molar-refractivity contribution in [2.45, 2.75) is 65.8 Å². The number of nitrogens with two attached hydrogens (primary N) is 1. The molecule has 2 rings (SSSR count). The molecule has 1 aromatic heterocycles. The highest BCUT2D eigenvalue weighted by Gasteiger charge is 2.32. The molecule has 0 unspecified atom stereocenters. The van der Waals surface area contributed by atoms with Crippen LogP contribution < -0.4 is 5.73 Å². The molecule has 1 aromatic rings. The summed E-state index contributed by atoms with van der Waals surface area (Å²) in [4.78, 5) is 0. The molecule has 3 heteroatoms. The molecule has 3 nitrogen and oxygen atoms in total. The largest absolute Gasteiger partial charge is 0.384 e. The number of hydrogen-bond acceptors (Lipinski definition) is 2. The lowest BCUT2D eigenvalue weighted by Gasteiger charge is -2.39. The molecule has 1 aliphatic rings. The number of nitrogens with zero attached hydrogens (tertiary/aromatic N) is 2. The van der Waals surface area contributed by atoms with Crippen LogP contribution in [0.15, 0.2) is 6.07 Å². The Labute approximate surface area is 111 Å². The highest BCUT2D eigenvalue weighted by molar-refractivity contribution is 5.30. The summed E-state index contributed by atoms with van der Waals surface area (Å²) < 4.78 is 2.05. The monoisotopic (exact) mass is 249 g/mol.